The zero-order chi connectivity index (χ0) is 17.7. The molecule has 0 unspecified atom stereocenters. The zero-order valence-electron chi connectivity index (χ0n) is 15.3. The molecule has 0 radical (unpaired) electrons. The van der Waals surface area contributed by atoms with Gasteiger partial charge in [-0.05, 0) is 43.2 Å². The first-order chi connectivity index (χ1) is 12.3. The number of para-hydroxylation sites is 2. The minimum absolute atomic E-state index is 0.549. The number of ether oxygens (including phenoxy) is 3. The lowest BCUT2D eigenvalue weighted by Gasteiger charge is -2.14. The zero-order valence-corrected chi connectivity index (χ0v) is 15.3. The molecule has 0 atom stereocenters. The number of rotatable bonds is 12. The van der Waals surface area contributed by atoms with Gasteiger partial charge < -0.3 is 19.5 Å². The Kier molecular flexibility index (Phi) is 8.70. The van der Waals surface area contributed by atoms with Gasteiger partial charge in [-0.2, -0.15) is 0 Å². The predicted octanol–water partition coefficient (Wildman–Crippen LogP) is 4.89. The van der Waals surface area contributed by atoms with Gasteiger partial charge in [-0.25, -0.2) is 0 Å². The van der Waals surface area contributed by atoms with Crippen molar-refractivity contribution in [2.24, 2.45) is 0 Å². The van der Waals surface area contributed by atoms with Gasteiger partial charge in [-0.15, -0.1) is 0 Å². The Bertz CT molecular complexity index is 616. The van der Waals surface area contributed by atoms with E-state index in [9.17, 15) is 0 Å². The van der Waals surface area contributed by atoms with Crippen LogP contribution in [0.1, 0.15) is 32.3 Å². The van der Waals surface area contributed by atoms with Crippen LogP contribution in [-0.2, 0) is 11.3 Å². The van der Waals surface area contributed by atoms with E-state index in [0.717, 1.165) is 43.2 Å². The maximum Gasteiger partial charge on any atom is 0.142 e. The lowest BCUT2D eigenvalue weighted by Crippen LogP contribution is -2.08. The molecule has 136 valence electrons. The van der Waals surface area contributed by atoms with Gasteiger partial charge >= 0.3 is 0 Å². The fourth-order valence-electron chi connectivity index (χ4n) is 2.37. The maximum atomic E-state index is 5.80. The molecule has 0 aliphatic rings. The fraction of sp³-hybridized carbons (Fsp3) is 0.429. The Labute approximate surface area is 151 Å². The highest BCUT2D eigenvalue weighted by atomic mass is 16.5. The molecular formula is C21H29NO3. The molecule has 0 aromatic heterocycles. The first-order valence-corrected chi connectivity index (χ1v) is 9.08. The van der Waals surface area contributed by atoms with Crippen molar-refractivity contribution in [1.82, 2.24) is 0 Å². The lowest BCUT2D eigenvalue weighted by molar-refractivity contribution is 0.110. The van der Waals surface area contributed by atoms with Gasteiger partial charge in [0.1, 0.15) is 18.1 Å². The third-order valence-electron chi connectivity index (χ3n) is 3.72. The molecule has 2 aromatic rings. The summed E-state index contributed by atoms with van der Waals surface area (Å²) in [5.74, 6) is 1.77. The Hall–Kier alpha value is -2.20. The van der Waals surface area contributed by atoms with Crippen LogP contribution in [0.2, 0.25) is 0 Å². The van der Waals surface area contributed by atoms with Gasteiger partial charge in [-0.3, -0.25) is 0 Å². The molecule has 2 aromatic carbocycles. The largest absolute Gasteiger partial charge is 0.494 e. The molecule has 1 N–H and O–H groups in total. The number of nitrogens with one attached hydrogen (secondary N) is 1. The van der Waals surface area contributed by atoms with Crippen molar-refractivity contribution in [3.05, 3.63) is 54.1 Å². The van der Waals surface area contributed by atoms with Crippen molar-refractivity contribution in [3.63, 3.8) is 0 Å². The summed E-state index contributed by atoms with van der Waals surface area (Å²) in [7, 11) is 0. The topological polar surface area (TPSA) is 39.7 Å². The first-order valence-electron chi connectivity index (χ1n) is 9.08. The van der Waals surface area contributed by atoms with Crippen LogP contribution in [0.3, 0.4) is 0 Å². The van der Waals surface area contributed by atoms with Crippen LogP contribution in [0.15, 0.2) is 48.5 Å². The number of benzene rings is 2. The SMILES string of the molecule is CCCCOc1cccc(CNc2ccccc2OCCOCC)c1. The molecule has 0 aliphatic heterocycles. The highest BCUT2D eigenvalue weighted by Gasteiger charge is 2.03. The number of hydrogen-bond acceptors (Lipinski definition) is 4. The van der Waals surface area contributed by atoms with E-state index in [4.69, 9.17) is 14.2 Å². The summed E-state index contributed by atoms with van der Waals surface area (Å²) in [6.45, 7) is 7.49. The fourth-order valence-corrected chi connectivity index (χ4v) is 2.37. The van der Waals surface area contributed by atoms with Crippen LogP contribution in [0.5, 0.6) is 11.5 Å². The minimum Gasteiger partial charge on any atom is -0.494 e. The summed E-state index contributed by atoms with van der Waals surface area (Å²) in [4.78, 5) is 0. The summed E-state index contributed by atoms with van der Waals surface area (Å²) >= 11 is 0. The minimum atomic E-state index is 0.549. The predicted molar refractivity (Wildman–Crippen MR) is 103 cm³/mol. The molecule has 0 fully saturated rings. The van der Waals surface area contributed by atoms with E-state index in [0.29, 0.717) is 19.8 Å². The highest BCUT2D eigenvalue weighted by molar-refractivity contribution is 5.56. The van der Waals surface area contributed by atoms with Crippen LogP contribution in [-0.4, -0.2) is 26.4 Å². The van der Waals surface area contributed by atoms with E-state index in [1.165, 1.54) is 5.56 Å². The Morgan fingerprint density at radius 2 is 1.76 bits per heavy atom. The van der Waals surface area contributed by atoms with Gasteiger partial charge in [0.2, 0.25) is 0 Å². The molecular weight excluding hydrogens is 314 g/mol. The summed E-state index contributed by atoms with van der Waals surface area (Å²) in [6.07, 6.45) is 2.22. The van der Waals surface area contributed by atoms with Crippen molar-refractivity contribution < 1.29 is 14.2 Å². The van der Waals surface area contributed by atoms with E-state index >= 15 is 0 Å². The van der Waals surface area contributed by atoms with Crippen LogP contribution >= 0.6 is 0 Å². The van der Waals surface area contributed by atoms with E-state index in [1.54, 1.807) is 0 Å². The standard InChI is InChI=1S/C21H29NO3/c1-3-5-13-24-19-10-8-9-18(16-19)17-22-20-11-6-7-12-21(20)25-15-14-23-4-2/h6-12,16,22H,3-5,13-15,17H2,1-2H3. The maximum absolute atomic E-state index is 5.80. The van der Waals surface area contributed by atoms with Crippen LogP contribution in [0.4, 0.5) is 5.69 Å². The molecule has 0 saturated carbocycles. The van der Waals surface area contributed by atoms with Crippen LogP contribution in [0, 0.1) is 0 Å². The molecule has 4 heteroatoms. The van der Waals surface area contributed by atoms with Crippen molar-refractivity contribution in [1.29, 1.82) is 0 Å². The normalized spacial score (nSPS) is 10.5. The smallest absolute Gasteiger partial charge is 0.142 e. The molecule has 0 saturated heterocycles. The molecule has 2 rings (SSSR count). The van der Waals surface area contributed by atoms with Crippen LogP contribution in [0.25, 0.3) is 0 Å². The summed E-state index contributed by atoms with van der Waals surface area (Å²) in [5.41, 5.74) is 2.16. The summed E-state index contributed by atoms with van der Waals surface area (Å²) < 4.78 is 16.9. The molecule has 0 amide bonds. The second-order valence-corrected chi connectivity index (χ2v) is 5.74. The van der Waals surface area contributed by atoms with E-state index < -0.39 is 0 Å². The second-order valence-electron chi connectivity index (χ2n) is 5.74. The summed E-state index contributed by atoms with van der Waals surface area (Å²) in [5, 5.41) is 3.44. The number of hydrogen-bond donors (Lipinski definition) is 1. The van der Waals surface area contributed by atoms with E-state index in [1.807, 2.05) is 43.3 Å². The van der Waals surface area contributed by atoms with Crippen molar-refractivity contribution >= 4 is 5.69 Å². The molecule has 0 spiro atoms. The van der Waals surface area contributed by atoms with Crippen molar-refractivity contribution in [2.45, 2.75) is 33.2 Å². The highest BCUT2D eigenvalue weighted by Crippen LogP contribution is 2.24. The molecule has 4 nitrogen and oxygen atoms in total. The van der Waals surface area contributed by atoms with Crippen LogP contribution < -0.4 is 14.8 Å². The Morgan fingerprint density at radius 1 is 0.880 bits per heavy atom. The number of unbranched alkanes of at least 4 members (excludes halogenated alkanes) is 1. The Morgan fingerprint density at radius 3 is 2.60 bits per heavy atom. The van der Waals surface area contributed by atoms with Crippen molar-refractivity contribution in [3.8, 4) is 11.5 Å². The quantitative estimate of drug-likeness (QED) is 0.557. The first kappa shape index (κ1) is 19.1. The average molecular weight is 343 g/mol. The third-order valence-corrected chi connectivity index (χ3v) is 3.72. The lowest BCUT2D eigenvalue weighted by atomic mass is 10.2. The van der Waals surface area contributed by atoms with E-state index in [2.05, 4.69) is 24.4 Å². The average Bonchev–Trinajstić information content (AvgIpc) is 2.65. The third kappa shape index (κ3) is 7.06. The molecule has 0 aliphatic carbocycles. The van der Waals surface area contributed by atoms with Crippen molar-refractivity contribution in [2.75, 3.05) is 31.7 Å². The van der Waals surface area contributed by atoms with Gasteiger partial charge in [0.05, 0.1) is 18.9 Å². The molecule has 0 bridgehead atoms. The van der Waals surface area contributed by atoms with Gasteiger partial charge in [0.25, 0.3) is 0 Å². The van der Waals surface area contributed by atoms with Gasteiger partial charge in [-0.1, -0.05) is 37.6 Å². The van der Waals surface area contributed by atoms with E-state index in [-0.39, 0.29) is 0 Å². The second kappa shape index (κ2) is 11.4. The number of anilines is 1. The summed E-state index contributed by atoms with van der Waals surface area (Å²) in [6, 6.07) is 16.2. The molecule has 0 heterocycles. The monoisotopic (exact) mass is 343 g/mol. The Balaban J connectivity index is 1.89. The molecule has 25 heavy (non-hydrogen) atoms. The van der Waals surface area contributed by atoms with Gasteiger partial charge in [0, 0.05) is 13.2 Å². The van der Waals surface area contributed by atoms with Gasteiger partial charge in [0.15, 0.2) is 0 Å².